The summed E-state index contributed by atoms with van der Waals surface area (Å²) in [5.74, 6) is -0.423. The van der Waals surface area contributed by atoms with Crippen LogP contribution < -0.4 is 20.7 Å². The molecule has 0 spiro atoms. The molecule has 1 aromatic heterocycles. The predicted molar refractivity (Wildman–Crippen MR) is 141 cm³/mol. The van der Waals surface area contributed by atoms with Crippen LogP contribution in [0.5, 0.6) is 5.06 Å². The lowest BCUT2D eigenvalue weighted by Crippen LogP contribution is -2.47. The Morgan fingerprint density at radius 3 is 2.47 bits per heavy atom. The molecule has 0 unspecified atom stereocenters. The van der Waals surface area contributed by atoms with Crippen molar-refractivity contribution in [1.29, 1.82) is 0 Å². The predicted octanol–water partition coefficient (Wildman–Crippen LogP) is 4.44. The number of halogens is 1. The molecule has 36 heavy (non-hydrogen) atoms. The lowest BCUT2D eigenvalue weighted by molar-refractivity contribution is -0.118. The molecule has 0 radical (unpaired) electrons. The van der Waals surface area contributed by atoms with Crippen molar-refractivity contribution in [3.05, 3.63) is 45.8 Å². The minimum Gasteiger partial charge on any atom is -0.444 e. The summed E-state index contributed by atoms with van der Waals surface area (Å²) in [6.07, 6.45) is 0.580. The molecular formula is C25H33ClN4O5S. The third-order valence-corrected chi connectivity index (χ3v) is 6.56. The lowest BCUT2D eigenvalue weighted by Gasteiger charge is -2.21. The molecular weight excluding hydrogens is 504 g/mol. The summed E-state index contributed by atoms with van der Waals surface area (Å²) in [7, 11) is 2.10. The van der Waals surface area contributed by atoms with Crippen LogP contribution in [0.3, 0.4) is 0 Å². The molecule has 0 saturated carbocycles. The van der Waals surface area contributed by atoms with E-state index in [4.69, 9.17) is 21.1 Å². The number of ether oxygens (including phenoxy) is 2. The number of thiophene rings is 1. The van der Waals surface area contributed by atoms with Crippen molar-refractivity contribution >= 4 is 46.7 Å². The van der Waals surface area contributed by atoms with Crippen LogP contribution in [-0.2, 0) is 22.4 Å². The number of hydrogen-bond donors (Lipinski definition) is 3. The van der Waals surface area contributed by atoms with Gasteiger partial charge in [0.1, 0.15) is 11.6 Å². The Bertz CT molecular complexity index is 1080. The van der Waals surface area contributed by atoms with Crippen LogP contribution in [0.15, 0.2) is 30.3 Å². The first-order valence-electron chi connectivity index (χ1n) is 11.8. The number of benzene rings is 1. The minimum atomic E-state index is -0.965. The van der Waals surface area contributed by atoms with Crippen molar-refractivity contribution in [2.24, 2.45) is 0 Å². The van der Waals surface area contributed by atoms with Crippen LogP contribution in [0.25, 0.3) is 0 Å². The molecule has 3 amide bonds. The molecule has 0 bridgehead atoms. The number of likely N-dealkylation sites (N-methyl/N-ethyl adjacent to an activating group) is 1. The van der Waals surface area contributed by atoms with E-state index in [1.165, 1.54) is 11.1 Å². The summed E-state index contributed by atoms with van der Waals surface area (Å²) in [5, 5.41) is 8.39. The largest absolute Gasteiger partial charge is 0.444 e. The van der Waals surface area contributed by atoms with Gasteiger partial charge in [0, 0.05) is 25.3 Å². The summed E-state index contributed by atoms with van der Waals surface area (Å²) in [4.78, 5) is 39.9. The first-order valence-corrected chi connectivity index (χ1v) is 13.0. The molecule has 9 nitrogen and oxygen atoms in total. The fourth-order valence-corrected chi connectivity index (χ4v) is 4.53. The Hall–Kier alpha value is -2.82. The van der Waals surface area contributed by atoms with Crippen LogP contribution in [0.2, 0.25) is 4.34 Å². The quantitative estimate of drug-likeness (QED) is 0.482. The molecule has 3 rings (SSSR count). The van der Waals surface area contributed by atoms with Crippen molar-refractivity contribution in [2.75, 3.05) is 32.0 Å². The number of carbonyl (C=O) groups excluding carboxylic acids is 3. The van der Waals surface area contributed by atoms with Crippen LogP contribution in [0.1, 0.15) is 38.3 Å². The number of nitrogens with zero attached hydrogens (tertiary/aromatic N) is 1. The van der Waals surface area contributed by atoms with Crippen molar-refractivity contribution in [2.45, 2.75) is 51.7 Å². The second-order valence-corrected chi connectivity index (χ2v) is 11.3. The highest BCUT2D eigenvalue weighted by atomic mass is 35.5. The third kappa shape index (κ3) is 9.00. The van der Waals surface area contributed by atoms with E-state index in [2.05, 4.69) is 27.9 Å². The number of nitrogens with one attached hydrogen (secondary N) is 3. The van der Waals surface area contributed by atoms with Gasteiger partial charge in [-0.1, -0.05) is 29.0 Å². The van der Waals surface area contributed by atoms with Gasteiger partial charge in [-0.25, -0.2) is 9.59 Å². The van der Waals surface area contributed by atoms with Gasteiger partial charge in [0.2, 0.25) is 5.91 Å². The van der Waals surface area contributed by atoms with E-state index < -0.39 is 29.7 Å². The monoisotopic (exact) mass is 536 g/mol. The van der Waals surface area contributed by atoms with E-state index in [9.17, 15) is 14.4 Å². The Labute approximate surface area is 220 Å². The number of amides is 3. The van der Waals surface area contributed by atoms with Gasteiger partial charge < -0.3 is 30.3 Å². The van der Waals surface area contributed by atoms with E-state index >= 15 is 0 Å². The van der Waals surface area contributed by atoms with E-state index in [-0.39, 0.29) is 13.0 Å². The molecule has 1 aliphatic heterocycles. The maximum Gasteiger partial charge on any atom is 0.414 e. The fraction of sp³-hybridized carbons (Fsp3) is 0.480. The van der Waals surface area contributed by atoms with Gasteiger partial charge in [-0.15, -0.1) is 0 Å². The summed E-state index contributed by atoms with van der Waals surface area (Å²) in [6.45, 7) is 7.33. The average molecular weight is 537 g/mol. The van der Waals surface area contributed by atoms with Gasteiger partial charge in [-0.2, -0.15) is 0 Å². The van der Waals surface area contributed by atoms with Gasteiger partial charge in [-0.3, -0.25) is 4.79 Å². The Kier molecular flexibility index (Phi) is 9.58. The van der Waals surface area contributed by atoms with Crippen LogP contribution in [-0.4, -0.2) is 61.3 Å². The van der Waals surface area contributed by atoms with Crippen LogP contribution >= 0.6 is 22.9 Å². The second kappa shape index (κ2) is 12.4. The topological polar surface area (TPSA) is 109 Å². The van der Waals surface area contributed by atoms with Gasteiger partial charge in [0.15, 0.2) is 5.06 Å². The Morgan fingerprint density at radius 1 is 1.08 bits per heavy atom. The number of carbonyl (C=O) groups is 3. The van der Waals surface area contributed by atoms with Crippen LogP contribution in [0.4, 0.5) is 15.3 Å². The number of anilines is 1. The highest BCUT2D eigenvalue weighted by Crippen LogP contribution is 2.28. The van der Waals surface area contributed by atoms with E-state index in [0.29, 0.717) is 15.1 Å². The maximum atomic E-state index is 13.1. The summed E-state index contributed by atoms with van der Waals surface area (Å²) in [6, 6.07) is 8.09. The van der Waals surface area contributed by atoms with Crippen LogP contribution in [0, 0.1) is 0 Å². The summed E-state index contributed by atoms with van der Waals surface area (Å²) < 4.78 is 11.0. The van der Waals surface area contributed by atoms with Gasteiger partial charge in [-0.05, 0) is 82.5 Å². The molecule has 3 N–H and O–H groups in total. The second-order valence-electron chi connectivity index (χ2n) is 9.64. The third-order valence-electron chi connectivity index (χ3n) is 5.45. The van der Waals surface area contributed by atoms with Crippen molar-refractivity contribution < 1.29 is 23.9 Å². The molecule has 0 fully saturated rings. The smallest absolute Gasteiger partial charge is 0.414 e. The number of alkyl carbamates (subject to hydrolysis) is 1. The SMILES string of the molecule is CN1CCc2ccc(NC(=O)[C@@H](CCNC(=O)OC(C)(C)C)NC(=O)Oc3ccc(Cl)s3)cc2CC1. The number of hydrogen-bond acceptors (Lipinski definition) is 7. The van der Waals surface area contributed by atoms with Crippen molar-refractivity contribution in [1.82, 2.24) is 15.5 Å². The molecule has 0 aliphatic carbocycles. The van der Waals surface area contributed by atoms with E-state index in [1.54, 1.807) is 32.9 Å². The zero-order valence-electron chi connectivity index (χ0n) is 21.0. The zero-order chi connectivity index (χ0) is 26.3. The number of fused-ring (bicyclic) bond motifs is 1. The first-order chi connectivity index (χ1) is 17.0. The first kappa shape index (κ1) is 27.8. The molecule has 196 valence electrons. The van der Waals surface area contributed by atoms with Crippen molar-refractivity contribution in [3.8, 4) is 5.06 Å². The fourth-order valence-electron chi connectivity index (χ4n) is 3.66. The van der Waals surface area contributed by atoms with Gasteiger partial charge >= 0.3 is 12.2 Å². The van der Waals surface area contributed by atoms with Gasteiger partial charge in [0.05, 0.1) is 4.34 Å². The molecule has 1 aliphatic rings. The maximum absolute atomic E-state index is 13.1. The summed E-state index contributed by atoms with van der Waals surface area (Å²) in [5.41, 5.74) is 2.47. The van der Waals surface area contributed by atoms with E-state index in [0.717, 1.165) is 37.3 Å². The number of rotatable bonds is 7. The lowest BCUT2D eigenvalue weighted by atomic mass is 10.0. The van der Waals surface area contributed by atoms with Crippen molar-refractivity contribution in [3.63, 3.8) is 0 Å². The normalized spacial score (nSPS) is 14.7. The Balaban J connectivity index is 1.65. The molecule has 2 heterocycles. The molecule has 0 saturated heterocycles. The van der Waals surface area contributed by atoms with E-state index in [1.807, 2.05) is 18.2 Å². The summed E-state index contributed by atoms with van der Waals surface area (Å²) >= 11 is 6.99. The molecule has 11 heteroatoms. The molecule has 2 aromatic rings. The Morgan fingerprint density at radius 2 is 1.81 bits per heavy atom. The average Bonchev–Trinajstić information content (AvgIpc) is 3.09. The minimum absolute atomic E-state index is 0.106. The molecule has 1 atom stereocenters. The highest BCUT2D eigenvalue weighted by Gasteiger charge is 2.24. The highest BCUT2D eigenvalue weighted by molar-refractivity contribution is 7.17. The standard InChI is InChI=1S/C25H33ClN4O5S/c1-25(2,3)35-23(32)27-12-9-19(29-24(33)34-21-8-7-20(26)36-21)22(31)28-18-6-5-16-10-13-30(4)14-11-17(16)15-18/h5-8,15,19H,9-14H2,1-4H3,(H,27,32)(H,28,31)(H,29,33)/t19-/m1/s1. The van der Waals surface area contributed by atoms with Gasteiger partial charge in [0.25, 0.3) is 0 Å². The molecule has 1 aromatic carbocycles. The zero-order valence-corrected chi connectivity index (χ0v) is 22.6.